The number of hydrogen-bond donors (Lipinski definition) is 1. The highest BCUT2D eigenvalue weighted by molar-refractivity contribution is 5.37. The lowest BCUT2D eigenvalue weighted by Crippen LogP contribution is -2.31. The zero-order valence-electron chi connectivity index (χ0n) is 12.6. The van der Waals surface area contributed by atoms with Crippen LogP contribution in [0, 0.1) is 17.7 Å². The minimum Gasteiger partial charge on any atom is -0.384 e. The molecule has 1 fully saturated rings. The van der Waals surface area contributed by atoms with Crippen LogP contribution >= 0.6 is 0 Å². The number of likely N-dealkylation sites (tertiary alicyclic amines) is 1. The molecule has 0 radical (unpaired) electrons. The van der Waals surface area contributed by atoms with E-state index in [1.165, 1.54) is 32.0 Å². The van der Waals surface area contributed by atoms with E-state index in [2.05, 4.69) is 21.6 Å². The fourth-order valence-electron chi connectivity index (χ4n) is 2.58. The third-order valence-corrected chi connectivity index (χ3v) is 3.80. The zero-order chi connectivity index (χ0) is 15.1. The smallest absolute Gasteiger partial charge is 0.128 e. The summed E-state index contributed by atoms with van der Waals surface area (Å²) in [6, 6.07) is 5.02. The monoisotopic (exact) mass is 290 g/mol. The van der Waals surface area contributed by atoms with Gasteiger partial charge in [0.1, 0.15) is 12.4 Å². The summed E-state index contributed by atoms with van der Waals surface area (Å²) in [6.07, 6.45) is 2.60. The molecule has 0 spiro atoms. The average Bonchev–Trinajstić information content (AvgIpc) is 2.99. The number of aliphatic hydroxyl groups excluding tert-OH is 1. The van der Waals surface area contributed by atoms with Crippen molar-refractivity contribution in [1.82, 2.24) is 9.80 Å². The zero-order valence-corrected chi connectivity index (χ0v) is 12.6. The summed E-state index contributed by atoms with van der Waals surface area (Å²) in [6.45, 7) is 4.79. The van der Waals surface area contributed by atoms with E-state index in [1.54, 1.807) is 12.1 Å². The Bertz CT molecular complexity index is 515. The van der Waals surface area contributed by atoms with E-state index in [1.807, 2.05) is 7.05 Å². The fourth-order valence-corrected chi connectivity index (χ4v) is 2.58. The minimum atomic E-state index is -0.229. The maximum atomic E-state index is 14.0. The second-order valence-corrected chi connectivity index (χ2v) is 5.55. The molecule has 21 heavy (non-hydrogen) atoms. The van der Waals surface area contributed by atoms with Crippen LogP contribution < -0.4 is 0 Å². The van der Waals surface area contributed by atoms with E-state index in [4.69, 9.17) is 5.11 Å². The molecule has 0 aliphatic carbocycles. The SMILES string of the molecule is CN(CCN1CCCC1)Cc1ccc(C#CCO)cc1F. The maximum Gasteiger partial charge on any atom is 0.128 e. The van der Waals surface area contributed by atoms with Crippen LogP contribution in [0.5, 0.6) is 0 Å². The molecule has 2 rings (SSSR count). The lowest BCUT2D eigenvalue weighted by Gasteiger charge is -2.21. The van der Waals surface area contributed by atoms with Gasteiger partial charge >= 0.3 is 0 Å². The van der Waals surface area contributed by atoms with Crippen LogP contribution in [-0.4, -0.2) is 54.7 Å². The molecule has 0 atom stereocenters. The molecule has 0 unspecified atom stereocenters. The predicted octanol–water partition coefficient (Wildman–Crippen LogP) is 1.70. The molecular weight excluding hydrogens is 267 g/mol. The molecule has 114 valence electrons. The predicted molar refractivity (Wildman–Crippen MR) is 82.4 cm³/mol. The number of aliphatic hydroxyl groups is 1. The molecule has 1 aliphatic rings. The van der Waals surface area contributed by atoms with Crippen LogP contribution in [0.15, 0.2) is 18.2 Å². The van der Waals surface area contributed by atoms with Gasteiger partial charge in [0.05, 0.1) is 0 Å². The van der Waals surface area contributed by atoms with Gasteiger partial charge in [-0.15, -0.1) is 0 Å². The van der Waals surface area contributed by atoms with Crippen molar-refractivity contribution in [2.45, 2.75) is 19.4 Å². The van der Waals surface area contributed by atoms with E-state index < -0.39 is 0 Å². The first-order valence-corrected chi connectivity index (χ1v) is 7.48. The van der Waals surface area contributed by atoms with Crippen LogP contribution in [-0.2, 0) is 6.54 Å². The van der Waals surface area contributed by atoms with Crippen molar-refractivity contribution in [3.8, 4) is 11.8 Å². The Morgan fingerprint density at radius 1 is 1.33 bits per heavy atom. The Labute approximate surface area is 126 Å². The number of halogens is 1. The number of nitrogens with zero attached hydrogens (tertiary/aromatic N) is 2. The number of hydrogen-bond acceptors (Lipinski definition) is 3. The van der Waals surface area contributed by atoms with Gasteiger partial charge in [0.15, 0.2) is 0 Å². The molecule has 1 aromatic carbocycles. The topological polar surface area (TPSA) is 26.7 Å². The first-order chi connectivity index (χ1) is 10.2. The third-order valence-electron chi connectivity index (χ3n) is 3.80. The Kier molecular flexibility index (Phi) is 6.19. The molecule has 1 heterocycles. The minimum absolute atomic E-state index is 0.206. The summed E-state index contributed by atoms with van der Waals surface area (Å²) < 4.78 is 14.0. The molecule has 1 aliphatic heterocycles. The lowest BCUT2D eigenvalue weighted by atomic mass is 10.1. The fraction of sp³-hybridized carbons (Fsp3) is 0.529. The van der Waals surface area contributed by atoms with Crippen molar-refractivity contribution in [1.29, 1.82) is 0 Å². The van der Waals surface area contributed by atoms with Crippen LogP contribution in [0.3, 0.4) is 0 Å². The van der Waals surface area contributed by atoms with Gasteiger partial charge in [-0.2, -0.15) is 0 Å². The Morgan fingerprint density at radius 3 is 2.76 bits per heavy atom. The molecular formula is C17H23FN2O. The van der Waals surface area contributed by atoms with Crippen LogP contribution in [0.25, 0.3) is 0 Å². The summed E-state index contributed by atoms with van der Waals surface area (Å²) in [4.78, 5) is 4.61. The van der Waals surface area contributed by atoms with Gasteiger partial charge in [-0.1, -0.05) is 17.9 Å². The van der Waals surface area contributed by atoms with E-state index in [0.29, 0.717) is 17.7 Å². The van der Waals surface area contributed by atoms with Gasteiger partial charge in [0.25, 0.3) is 0 Å². The molecule has 1 N–H and O–H groups in total. The third kappa shape index (κ3) is 5.13. The van der Waals surface area contributed by atoms with Gasteiger partial charge in [0, 0.05) is 30.8 Å². The summed E-state index contributed by atoms with van der Waals surface area (Å²) in [5.41, 5.74) is 1.29. The highest BCUT2D eigenvalue weighted by Crippen LogP contribution is 2.12. The first-order valence-electron chi connectivity index (χ1n) is 7.48. The van der Waals surface area contributed by atoms with Crippen molar-refractivity contribution in [3.05, 3.63) is 35.1 Å². The molecule has 3 nitrogen and oxygen atoms in total. The van der Waals surface area contributed by atoms with Gasteiger partial charge in [0.2, 0.25) is 0 Å². The maximum absolute atomic E-state index is 14.0. The second kappa shape index (κ2) is 8.14. The van der Waals surface area contributed by atoms with Crippen molar-refractivity contribution < 1.29 is 9.50 Å². The molecule has 0 amide bonds. The summed E-state index contributed by atoms with van der Waals surface area (Å²) in [5.74, 6) is 5.02. The Balaban J connectivity index is 1.86. The molecule has 1 aromatic rings. The van der Waals surface area contributed by atoms with Gasteiger partial charge in [-0.05, 0) is 45.1 Å². The van der Waals surface area contributed by atoms with Crippen LogP contribution in [0.1, 0.15) is 24.0 Å². The van der Waals surface area contributed by atoms with Gasteiger partial charge < -0.3 is 14.9 Å². The summed E-state index contributed by atoms with van der Waals surface area (Å²) in [7, 11) is 2.02. The standard InChI is InChI=1S/C17H23FN2O/c1-19(10-11-20-8-2-3-9-20)14-16-7-6-15(5-4-12-21)13-17(16)18/h6-7,13,21H,2-3,8-12,14H2,1H3. The molecule has 4 heteroatoms. The van der Waals surface area contributed by atoms with Crippen molar-refractivity contribution in [3.63, 3.8) is 0 Å². The number of likely N-dealkylation sites (N-methyl/N-ethyl adjacent to an activating group) is 1. The van der Waals surface area contributed by atoms with Gasteiger partial charge in [-0.3, -0.25) is 0 Å². The Morgan fingerprint density at radius 2 is 2.10 bits per heavy atom. The van der Waals surface area contributed by atoms with Gasteiger partial charge in [-0.25, -0.2) is 4.39 Å². The average molecular weight is 290 g/mol. The number of benzene rings is 1. The number of rotatable bonds is 5. The lowest BCUT2D eigenvalue weighted by molar-refractivity contribution is 0.250. The van der Waals surface area contributed by atoms with Crippen molar-refractivity contribution in [2.75, 3.05) is 39.8 Å². The van der Waals surface area contributed by atoms with Crippen LogP contribution in [0.2, 0.25) is 0 Å². The van der Waals surface area contributed by atoms with E-state index in [-0.39, 0.29) is 12.4 Å². The molecule has 0 bridgehead atoms. The second-order valence-electron chi connectivity index (χ2n) is 5.55. The molecule has 0 saturated carbocycles. The highest BCUT2D eigenvalue weighted by Gasteiger charge is 2.12. The quantitative estimate of drug-likeness (QED) is 0.836. The van der Waals surface area contributed by atoms with Crippen molar-refractivity contribution in [2.24, 2.45) is 0 Å². The Hall–Kier alpha value is -1.41. The van der Waals surface area contributed by atoms with Crippen molar-refractivity contribution >= 4 is 0 Å². The molecule has 0 aromatic heterocycles. The van der Waals surface area contributed by atoms with E-state index in [9.17, 15) is 4.39 Å². The largest absolute Gasteiger partial charge is 0.384 e. The molecule has 1 saturated heterocycles. The van der Waals surface area contributed by atoms with Crippen LogP contribution in [0.4, 0.5) is 4.39 Å². The summed E-state index contributed by atoms with van der Waals surface area (Å²) in [5, 5.41) is 8.64. The normalized spacial score (nSPS) is 15.2. The van der Waals surface area contributed by atoms with E-state index in [0.717, 1.165) is 13.1 Å². The summed E-state index contributed by atoms with van der Waals surface area (Å²) >= 11 is 0. The highest BCUT2D eigenvalue weighted by atomic mass is 19.1. The van der Waals surface area contributed by atoms with E-state index >= 15 is 0 Å². The first kappa shape index (κ1) is 16.0.